The molecule has 0 aromatic heterocycles. The predicted molar refractivity (Wildman–Crippen MR) is 67.4 cm³/mol. The Balaban J connectivity index is 2.40. The quantitative estimate of drug-likeness (QED) is 0.711. The smallest absolute Gasteiger partial charge is 0.00246 e. The van der Waals surface area contributed by atoms with Crippen LogP contribution in [0.4, 0.5) is 0 Å². The minimum Gasteiger partial charge on any atom is -0.309 e. The van der Waals surface area contributed by atoms with Gasteiger partial charge >= 0.3 is 0 Å². The molecule has 0 saturated carbocycles. The fourth-order valence-corrected chi connectivity index (χ4v) is 1.78. The Labute approximate surface area is 94.1 Å². The van der Waals surface area contributed by atoms with Gasteiger partial charge in [-0.3, -0.25) is 0 Å². The summed E-state index contributed by atoms with van der Waals surface area (Å²) in [6.45, 7) is 5.65. The van der Waals surface area contributed by atoms with Gasteiger partial charge in [0.05, 0.1) is 0 Å². The number of benzene rings is 1. The second-order valence-corrected chi connectivity index (χ2v) is 4.76. The standard InChI is InChI=1S/C14H23N/c1-12-7-9-14(10-8-12)13(2)6-5-11-15(3)4/h7-10,13H,5-6,11H2,1-4H3/t13-/m1/s1. The van der Waals surface area contributed by atoms with E-state index >= 15 is 0 Å². The van der Waals surface area contributed by atoms with Crippen LogP contribution in [0.1, 0.15) is 36.8 Å². The van der Waals surface area contributed by atoms with Crippen molar-refractivity contribution in [1.29, 1.82) is 0 Å². The molecule has 0 spiro atoms. The minimum atomic E-state index is 0.686. The van der Waals surface area contributed by atoms with Crippen LogP contribution in [-0.4, -0.2) is 25.5 Å². The Morgan fingerprint density at radius 1 is 1.13 bits per heavy atom. The van der Waals surface area contributed by atoms with Crippen molar-refractivity contribution < 1.29 is 0 Å². The van der Waals surface area contributed by atoms with Gasteiger partial charge in [-0.2, -0.15) is 0 Å². The maximum atomic E-state index is 2.32. The molecule has 1 aromatic rings. The third-order valence-electron chi connectivity index (χ3n) is 2.89. The molecule has 0 aliphatic heterocycles. The van der Waals surface area contributed by atoms with E-state index in [4.69, 9.17) is 0 Å². The van der Waals surface area contributed by atoms with Gasteiger partial charge in [-0.25, -0.2) is 0 Å². The van der Waals surface area contributed by atoms with E-state index in [9.17, 15) is 0 Å². The van der Waals surface area contributed by atoms with Crippen LogP contribution in [0.15, 0.2) is 24.3 Å². The van der Waals surface area contributed by atoms with Gasteiger partial charge in [0, 0.05) is 0 Å². The SMILES string of the molecule is Cc1ccc([C@H](C)CCCN(C)C)cc1. The molecule has 84 valence electrons. The molecule has 0 N–H and O–H groups in total. The average Bonchev–Trinajstić information content (AvgIpc) is 2.18. The van der Waals surface area contributed by atoms with E-state index in [0.717, 1.165) is 0 Å². The highest BCUT2D eigenvalue weighted by Gasteiger charge is 2.04. The summed E-state index contributed by atoms with van der Waals surface area (Å²) in [5.74, 6) is 0.686. The van der Waals surface area contributed by atoms with Crippen LogP contribution in [-0.2, 0) is 0 Å². The topological polar surface area (TPSA) is 3.24 Å². The van der Waals surface area contributed by atoms with Crippen molar-refractivity contribution in [2.75, 3.05) is 20.6 Å². The van der Waals surface area contributed by atoms with Gasteiger partial charge in [0.15, 0.2) is 0 Å². The fourth-order valence-electron chi connectivity index (χ4n) is 1.78. The van der Waals surface area contributed by atoms with E-state index in [1.807, 2.05) is 0 Å². The van der Waals surface area contributed by atoms with Crippen molar-refractivity contribution in [3.8, 4) is 0 Å². The Morgan fingerprint density at radius 3 is 2.27 bits per heavy atom. The first-order valence-electron chi connectivity index (χ1n) is 5.81. The first kappa shape index (κ1) is 12.3. The second kappa shape index (κ2) is 5.92. The molecule has 0 radical (unpaired) electrons. The highest BCUT2D eigenvalue weighted by Crippen LogP contribution is 2.20. The van der Waals surface area contributed by atoms with Gasteiger partial charge in [-0.15, -0.1) is 0 Å². The molecule has 1 nitrogen and oxygen atoms in total. The average molecular weight is 205 g/mol. The maximum Gasteiger partial charge on any atom is -0.00246 e. The van der Waals surface area contributed by atoms with Crippen molar-refractivity contribution in [3.63, 3.8) is 0 Å². The van der Waals surface area contributed by atoms with Gasteiger partial charge in [-0.1, -0.05) is 36.8 Å². The molecule has 1 atom stereocenters. The molecule has 0 amide bonds. The Bertz CT molecular complexity index is 274. The van der Waals surface area contributed by atoms with E-state index in [-0.39, 0.29) is 0 Å². The van der Waals surface area contributed by atoms with Crippen LogP contribution >= 0.6 is 0 Å². The third kappa shape index (κ3) is 4.48. The summed E-state index contributed by atoms with van der Waals surface area (Å²) in [7, 11) is 4.27. The lowest BCUT2D eigenvalue weighted by Crippen LogP contribution is -2.13. The Morgan fingerprint density at radius 2 is 1.73 bits per heavy atom. The van der Waals surface area contributed by atoms with Crippen molar-refractivity contribution in [2.24, 2.45) is 0 Å². The molecule has 0 aliphatic rings. The second-order valence-electron chi connectivity index (χ2n) is 4.76. The number of hydrogen-bond acceptors (Lipinski definition) is 1. The zero-order valence-electron chi connectivity index (χ0n) is 10.5. The number of aryl methyl sites for hydroxylation is 1. The van der Waals surface area contributed by atoms with E-state index in [1.54, 1.807) is 0 Å². The molecule has 0 fully saturated rings. The molecule has 1 aromatic carbocycles. The lowest BCUT2D eigenvalue weighted by atomic mass is 9.95. The zero-order valence-corrected chi connectivity index (χ0v) is 10.5. The largest absolute Gasteiger partial charge is 0.309 e. The maximum absolute atomic E-state index is 2.32. The molecule has 0 unspecified atom stereocenters. The summed E-state index contributed by atoms with van der Waals surface area (Å²) >= 11 is 0. The summed E-state index contributed by atoms with van der Waals surface area (Å²) in [5.41, 5.74) is 2.82. The van der Waals surface area contributed by atoms with E-state index in [0.29, 0.717) is 5.92 Å². The number of rotatable bonds is 5. The lowest BCUT2D eigenvalue weighted by Gasteiger charge is -2.14. The van der Waals surface area contributed by atoms with Crippen LogP contribution in [0.5, 0.6) is 0 Å². The van der Waals surface area contributed by atoms with Gasteiger partial charge in [0.2, 0.25) is 0 Å². The van der Waals surface area contributed by atoms with Crippen LogP contribution in [0.3, 0.4) is 0 Å². The van der Waals surface area contributed by atoms with E-state index in [1.165, 1.54) is 30.5 Å². The molecule has 0 aliphatic carbocycles. The molecular weight excluding hydrogens is 182 g/mol. The molecular formula is C14H23N. The van der Waals surface area contributed by atoms with Gasteiger partial charge in [0.1, 0.15) is 0 Å². The summed E-state index contributed by atoms with van der Waals surface area (Å²) in [5, 5.41) is 0. The molecule has 0 saturated heterocycles. The van der Waals surface area contributed by atoms with Crippen LogP contribution in [0.2, 0.25) is 0 Å². The van der Waals surface area contributed by atoms with E-state index < -0.39 is 0 Å². The highest BCUT2D eigenvalue weighted by molar-refractivity contribution is 5.23. The molecule has 15 heavy (non-hydrogen) atoms. The first-order chi connectivity index (χ1) is 7.09. The minimum absolute atomic E-state index is 0.686. The Kier molecular flexibility index (Phi) is 4.83. The summed E-state index contributed by atoms with van der Waals surface area (Å²) in [6.07, 6.45) is 2.56. The molecule has 1 rings (SSSR count). The summed E-state index contributed by atoms with van der Waals surface area (Å²) in [6, 6.07) is 8.93. The molecule has 1 heteroatoms. The lowest BCUT2D eigenvalue weighted by molar-refractivity contribution is 0.387. The van der Waals surface area contributed by atoms with Crippen molar-refractivity contribution >= 4 is 0 Å². The van der Waals surface area contributed by atoms with Crippen LogP contribution in [0, 0.1) is 6.92 Å². The van der Waals surface area contributed by atoms with Gasteiger partial charge < -0.3 is 4.90 Å². The number of nitrogens with zero attached hydrogens (tertiary/aromatic N) is 1. The van der Waals surface area contributed by atoms with E-state index in [2.05, 4.69) is 57.1 Å². The fraction of sp³-hybridized carbons (Fsp3) is 0.571. The van der Waals surface area contributed by atoms with Crippen molar-refractivity contribution in [3.05, 3.63) is 35.4 Å². The van der Waals surface area contributed by atoms with Crippen molar-refractivity contribution in [1.82, 2.24) is 4.90 Å². The third-order valence-corrected chi connectivity index (χ3v) is 2.89. The summed E-state index contributed by atoms with van der Waals surface area (Å²) < 4.78 is 0. The van der Waals surface area contributed by atoms with Gasteiger partial charge in [0.25, 0.3) is 0 Å². The molecule has 0 heterocycles. The normalized spacial score (nSPS) is 13.1. The monoisotopic (exact) mass is 205 g/mol. The van der Waals surface area contributed by atoms with Crippen LogP contribution < -0.4 is 0 Å². The highest BCUT2D eigenvalue weighted by atomic mass is 15.0. The molecule has 0 bridgehead atoms. The van der Waals surface area contributed by atoms with Gasteiger partial charge in [-0.05, 0) is 51.9 Å². The van der Waals surface area contributed by atoms with Crippen LogP contribution in [0.25, 0.3) is 0 Å². The van der Waals surface area contributed by atoms with Crippen molar-refractivity contribution in [2.45, 2.75) is 32.6 Å². The first-order valence-corrected chi connectivity index (χ1v) is 5.81. The summed E-state index contributed by atoms with van der Waals surface area (Å²) in [4.78, 5) is 2.25. The predicted octanol–water partition coefficient (Wildman–Crippen LogP) is 3.44. The Hall–Kier alpha value is -0.820. The number of hydrogen-bond donors (Lipinski definition) is 0. The zero-order chi connectivity index (χ0) is 11.3.